The Hall–Kier alpha value is -1.06. The van der Waals surface area contributed by atoms with Crippen LogP contribution in [-0.2, 0) is 6.54 Å². The van der Waals surface area contributed by atoms with Crippen LogP contribution in [0.3, 0.4) is 0 Å². The van der Waals surface area contributed by atoms with E-state index < -0.39 is 0 Å². The van der Waals surface area contributed by atoms with E-state index in [4.69, 9.17) is 10.5 Å². The van der Waals surface area contributed by atoms with Gasteiger partial charge in [0, 0.05) is 19.6 Å². The van der Waals surface area contributed by atoms with Gasteiger partial charge in [-0.15, -0.1) is 0 Å². The molecule has 0 amide bonds. The average molecular weight is 234 g/mol. The fourth-order valence-corrected chi connectivity index (χ4v) is 2.25. The molecule has 1 aromatic rings. The minimum Gasteiger partial charge on any atom is -0.490 e. The fraction of sp³-hybridized carbons (Fsp3) is 0.571. The highest BCUT2D eigenvalue weighted by atomic mass is 16.5. The van der Waals surface area contributed by atoms with Crippen LogP contribution in [0.15, 0.2) is 18.2 Å². The molecule has 17 heavy (non-hydrogen) atoms. The van der Waals surface area contributed by atoms with Gasteiger partial charge in [0.2, 0.25) is 0 Å². The SMILES string of the molecule is Cc1cc(CN)ccc1OC1CCN(C)CC1. The highest BCUT2D eigenvalue weighted by Crippen LogP contribution is 2.23. The van der Waals surface area contributed by atoms with Crippen molar-refractivity contribution in [2.24, 2.45) is 5.73 Å². The molecule has 3 nitrogen and oxygen atoms in total. The monoisotopic (exact) mass is 234 g/mol. The lowest BCUT2D eigenvalue weighted by molar-refractivity contribution is 0.113. The van der Waals surface area contributed by atoms with Crippen LogP contribution in [-0.4, -0.2) is 31.1 Å². The van der Waals surface area contributed by atoms with Crippen molar-refractivity contribution in [3.8, 4) is 5.75 Å². The van der Waals surface area contributed by atoms with Crippen molar-refractivity contribution in [2.75, 3.05) is 20.1 Å². The second kappa shape index (κ2) is 5.52. The lowest BCUT2D eigenvalue weighted by atomic mass is 10.1. The van der Waals surface area contributed by atoms with Gasteiger partial charge in [-0.1, -0.05) is 12.1 Å². The summed E-state index contributed by atoms with van der Waals surface area (Å²) in [4.78, 5) is 2.35. The molecule has 0 radical (unpaired) electrons. The van der Waals surface area contributed by atoms with Crippen molar-refractivity contribution < 1.29 is 4.74 Å². The van der Waals surface area contributed by atoms with E-state index in [1.54, 1.807) is 0 Å². The molecule has 1 fully saturated rings. The minimum absolute atomic E-state index is 0.369. The second-order valence-corrected chi connectivity index (χ2v) is 4.92. The van der Waals surface area contributed by atoms with Crippen molar-refractivity contribution in [3.63, 3.8) is 0 Å². The fourth-order valence-electron chi connectivity index (χ4n) is 2.25. The van der Waals surface area contributed by atoms with Crippen LogP contribution in [0.1, 0.15) is 24.0 Å². The lowest BCUT2D eigenvalue weighted by Crippen LogP contribution is -2.35. The van der Waals surface area contributed by atoms with Gasteiger partial charge in [0.1, 0.15) is 11.9 Å². The molecule has 2 N–H and O–H groups in total. The third-order valence-corrected chi connectivity index (χ3v) is 3.43. The molecular formula is C14H22N2O. The number of hydrogen-bond acceptors (Lipinski definition) is 3. The van der Waals surface area contributed by atoms with Gasteiger partial charge in [0.15, 0.2) is 0 Å². The largest absolute Gasteiger partial charge is 0.490 e. The molecule has 0 aliphatic carbocycles. The number of rotatable bonds is 3. The summed E-state index contributed by atoms with van der Waals surface area (Å²) < 4.78 is 6.07. The summed E-state index contributed by atoms with van der Waals surface area (Å²) in [6, 6.07) is 6.22. The van der Waals surface area contributed by atoms with Crippen molar-refractivity contribution in [1.82, 2.24) is 4.90 Å². The van der Waals surface area contributed by atoms with Gasteiger partial charge in [0.25, 0.3) is 0 Å². The van der Waals surface area contributed by atoms with E-state index >= 15 is 0 Å². The highest BCUT2D eigenvalue weighted by molar-refractivity contribution is 5.36. The molecule has 2 rings (SSSR count). The number of aryl methyl sites for hydroxylation is 1. The Kier molecular flexibility index (Phi) is 4.02. The maximum absolute atomic E-state index is 6.07. The molecule has 1 aromatic carbocycles. The van der Waals surface area contributed by atoms with E-state index in [2.05, 4.69) is 37.1 Å². The summed E-state index contributed by atoms with van der Waals surface area (Å²) in [6.45, 7) is 4.94. The molecule has 1 saturated heterocycles. The van der Waals surface area contributed by atoms with Gasteiger partial charge in [0.05, 0.1) is 0 Å². The Labute approximate surface area is 104 Å². The van der Waals surface area contributed by atoms with E-state index in [1.165, 1.54) is 11.1 Å². The number of nitrogens with two attached hydrogens (primary N) is 1. The Morgan fingerprint density at radius 3 is 2.65 bits per heavy atom. The molecule has 94 valence electrons. The Bertz CT molecular complexity index is 370. The van der Waals surface area contributed by atoms with Crippen LogP contribution >= 0.6 is 0 Å². The number of nitrogens with zero attached hydrogens (tertiary/aromatic N) is 1. The third kappa shape index (κ3) is 3.20. The van der Waals surface area contributed by atoms with Gasteiger partial charge in [-0.05, 0) is 44.0 Å². The molecule has 0 atom stereocenters. The number of hydrogen-bond donors (Lipinski definition) is 1. The first-order valence-electron chi connectivity index (χ1n) is 6.34. The van der Waals surface area contributed by atoms with Crippen molar-refractivity contribution >= 4 is 0 Å². The summed E-state index contributed by atoms with van der Waals surface area (Å²) in [7, 11) is 2.16. The molecule has 0 bridgehead atoms. The standard InChI is InChI=1S/C14H22N2O/c1-11-9-12(10-15)3-4-14(11)17-13-5-7-16(2)8-6-13/h3-4,9,13H,5-8,10,15H2,1-2H3. The Morgan fingerprint density at radius 2 is 2.06 bits per heavy atom. The molecule has 0 unspecified atom stereocenters. The number of piperidine rings is 1. The zero-order chi connectivity index (χ0) is 12.3. The minimum atomic E-state index is 0.369. The van der Waals surface area contributed by atoms with Gasteiger partial charge >= 0.3 is 0 Å². The Balaban J connectivity index is 1.99. The molecule has 3 heteroatoms. The molecule has 1 aliphatic rings. The predicted octanol–water partition coefficient (Wildman–Crippen LogP) is 1.93. The first kappa shape index (κ1) is 12.4. The summed E-state index contributed by atoms with van der Waals surface area (Å²) >= 11 is 0. The first-order valence-corrected chi connectivity index (χ1v) is 6.34. The van der Waals surface area contributed by atoms with E-state index in [1.807, 2.05) is 0 Å². The van der Waals surface area contributed by atoms with Gasteiger partial charge < -0.3 is 15.4 Å². The van der Waals surface area contributed by atoms with Crippen LogP contribution in [0.2, 0.25) is 0 Å². The average Bonchev–Trinajstić information content (AvgIpc) is 2.34. The summed E-state index contributed by atoms with van der Waals surface area (Å²) in [5.41, 5.74) is 7.97. The zero-order valence-corrected chi connectivity index (χ0v) is 10.8. The molecule has 0 saturated carbocycles. The van der Waals surface area contributed by atoms with Crippen molar-refractivity contribution in [1.29, 1.82) is 0 Å². The second-order valence-electron chi connectivity index (χ2n) is 4.92. The van der Waals surface area contributed by atoms with Gasteiger partial charge in [-0.2, -0.15) is 0 Å². The van der Waals surface area contributed by atoms with Crippen LogP contribution in [0.5, 0.6) is 5.75 Å². The van der Waals surface area contributed by atoms with Crippen LogP contribution in [0.4, 0.5) is 0 Å². The highest BCUT2D eigenvalue weighted by Gasteiger charge is 2.18. The van der Waals surface area contributed by atoms with Crippen LogP contribution in [0.25, 0.3) is 0 Å². The van der Waals surface area contributed by atoms with Gasteiger partial charge in [-0.25, -0.2) is 0 Å². The van der Waals surface area contributed by atoms with E-state index in [0.717, 1.165) is 31.7 Å². The topological polar surface area (TPSA) is 38.5 Å². The first-order chi connectivity index (χ1) is 8.19. The summed E-state index contributed by atoms with van der Waals surface area (Å²) in [5.74, 6) is 1.01. The number of likely N-dealkylation sites (tertiary alicyclic amines) is 1. The van der Waals surface area contributed by atoms with E-state index in [0.29, 0.717) is 12.6 Å². The van der Waals surface area contributed by atoms with Crippen LogP contribution in [0, 0.1) is 6.92 Å². The lowest BCUT2D eigenvalue weighted by Gasteiger charge is -2.29. The maximum atomic E-state index is 6.07. The Morgan fingerprint density at radius 1 is 1.35 bits per heavy atom. The molecular weight excluding hydrogens is 212 g/mol. The zero-order valence-electron chi connectivity index (χ0n) is 10.8. The molecule has 0 spiro atoms. The van der Waals surface area contributed by atoms with Crippen molar-refractivity contribution in [2.45, 2.75) is 32.4 Å². The third-order valence-electron chi connectivity index (χ3n) is 3.43. The smallest absolute Gasteiger partial charge is 0.122 e. The predicted molar refractivity (Wildman–Crippen MR) is 70.2 cm³/mol. The van der Waals surface area contributed by atoms with E-state index in [-0.39, 0.29) is 0 Å². The van der Waals surface area contributed by atoms with Crippen molar-refractivity contribution in [3.05, 3.63) is 29.3 Å². The molecule has 1 aliphatic heterocycles. The van der Waals surface area contributed by atoms with Crippen LogP contribution < -0.4 is 10.5 Å². The maximum Gasteiger partial charge on any atom is 0.122 e. The number of benzene rings is 1. The normalized spacial score (nSPS) is 18.3. The summed E-state index contributed by atoms with van der Waals surface area (Å²) in [6.07, 6.45) is 2.61. The van der Waals surface area contributed by atoms with Gasteiger partial charge in [-0.3, -0.25) is 0 Å². The van der Waals surface area contributed by atoms with E-state index in [9.17, 15) is 0 Å². The number of ether oxygens (including phenoxy) is 1. The molecule has 1 heterocycles. The summed E-state index contributed by atoms with van der Waals surface area (Å²) in [5, 5.41) is 0. The quantitative estimate of drug-likeness (QED) is 0.868. The molecule has 0 aromatic heterocycles.